The molecule has 1 fully saturated rings. The number of nitrogens with zero attached hydrogens (tertiary/aromatic N) is 3. The minimum Gasteiger partial charge on any atom is -0.444 e. The molecule has 2 heterocycles. The Hall–Kier alpha value is -1.60. The SMILES string of the molecule is C[C@@H]1CN(C(=O)c2cc(F)c(Cl)nc2Cl)CCN1C(=O)OC(C)(C)C. The fourth-order valence-electron chi connectivity index (χ4n) is 2.50. The topological polar surface area (TPSA) is 62.7 Å². The second kappa shape index (κ2) is 7.33. The Labute approximate surface area is 155 Å². The van der Waals surface area contributed by atoms with Crippen molar-refractivity contribution in [2.24, 2.45) is 0 Å². The van der Waals surface area contributed by atoms with Gasteiger partial charge in [0.05, 0.1) is 5.56 Å². The van der Waals surface area contributed by atoms with E-state index in [4.69, 9.17) is 27.9 Å². The van der Waals surface area contributed by atoms with E-state index in [0.717, 1.165) is 6.07 Å². The van der Waals surface area contributed by atoms with Crippen LogP contribution >= 0.6 is 23.2 Å². The third-order valence-corrected chi connectivity index (χ3v) is 4.21. The molecule has 25 heavy (non-hydrogen) atoms. The fourth-order valence-corrected chi connectivity index (χ4v) is 2.90. The van der Waals surface area contributed by atoms with Gasteiger partial charge in [-0.1, -0.05) is 23.2 Å². The molecule has 138 valence electrons. The summed E-state index contributed by atoms with van der Waals surface area (Å²) in [7, 11) is 0. The molecule has 6 nitrogen and oxygen atoms in total. The molecule has 0 aliphatic carbocycles. The number of ether oxygens (including phenoxy) is 1. The minimum absolute atomic E-state index is 0.0542. The van der Waals surface area contributed by atoms with Crippen molar-refractivity contribution in [3.05, 3.63) is 27.8 Å². The van der Waals surface area contributed by atoms with Crippen LogP contribution in [0.2, 0.25) is 10.3 Å². The molecule has 9 heteroatoms. The zero-order chi connectivity index (χ0) is 18.9. The van der Waals surface area contributed by atoms with Gasteiger partial charge in [-0.15, -0.1) is 0 Å². The first-order valence-electron chi connectivity index (χ1n) is 7.80. The van der Waals surface area contributed by atoms with E-state index in [1.807, 2.05) is 6.92 Å². The lowest BCUT2D eigenvalue weighted by molar-refractivity contribution is 0.00197. The average Bonchev–Trinajstić information content (AvgIpc) is 2.48. The smallest absolute Gasteiger partial charge is 0.410 e. The van der Waals surface area contributed by atoms with Gasteiger partial charge in [0.25, 0.3) is 5.91 Å². The average molecular weight is 392 g/mol. The van der Waals surface area contributed by atoms with Gasteiger partial charge in [-0.3, -0.25) is 4.79 Å². The third-order valence-electron chi connectivity index (χ3n) is 3.66. The molecule has 2 rings (SSSR count). The summed E-state index contributed by atoms with van der Waals surface area (Å²) < 4.78 is 19.0. The lowest BCUT2D eigenvalue weighted by Crippen LogP contribution is -2.56. The van der Waals surface area contributed by atoms with Gasteiger partial charge < -0.3 is 14.5 Å². The second-order valence-electron chi connectivity index (χ2n) is 6.87. The summed E-state index contributed by atoms with van der Waals surface area (Å²) in [6.07, 6.45) is -0.427. The second-order valence-corrected chi connectivity index (χ2v) is 7.59. The van der Waals surface area contributed by atoms with Gasteiger partial charge in [0.15, 0.2) is 11.0 Å². The predicted molar refractivity (Wildman–Crippen MR) is 92.5 cm³/mol. The molecule has 0 saturated carbocycles. The molecule has 0 unspecified atom stereocenters. The summed E-state index contributed by atoms with van der Waals surface area (Å²) in [6, 6.07) is 0.724. The summed E-state index contributed by atoms with van der Waals surface area (Å²) in [4.78, 5) is 31.5. The summed E-state index contributed by atoms with van der Waals surface area (Å²) in [5.41, 5.74) is -0.648. The van der Waals surface area contributed by atoms with Gasteiger partial charge in [-0.2, -0.15) is 0 Å². The summed E-state index contributed by atoms with van der Waals surface area (Å²) in [6.45, 7) is 8.05. The highest BCUT2D eigenvalue weighted by atomic mass is 35.5. The number of carbonyl (C=O) groups is 2. The molecule has 0 N–H and O–H groups in total. The fraction of sp³-hybridized carbons (Fsp3) is 0.562. The zero-order valence-corrected chi connectivity index (χ0v) is 16.0. The van der Waals surface area contributed by atoms with E-state index in [2.05, 4.69) is 4.98 Å². The first-order chi connectivity index (χ1) is 11.5. The van der Waals surface area contributed by atoms with E-state index in [9.17, 15) is 14.0 Å². The number of halogens is 3. The Morgan fingerprint density at radius 3 is 2.48 bits per heavy atom. The van der Waals surface area contributed by atoms with Crippen LogP contribution in [0.5, 0.6) is 0 Å². The maximum atomic E-state index is 13.6. The van der Waals surface area contributed by atoms with Crippen molar-refractivity contribution in [1.82, 2.24) is 14.8 Å². The lowest BCUT2D eigenvalue weighted by Gasteiger charge is -2.40. The molecule has 0 spiro atoms. The molecule has 1 aromatic rings. The van der Waals surface area contributed by atoms with E-state index in [0.29, 0.717) is 6.54 Å². The largest absolute Gasteiger partial charge is 0.444 e. The summed E-state index contributed by atoms with van der Waals surface area (Å²) >= 11 is 11.5. The van der Waals surface area contributed by atoms with Crippen LogP contribution in [0.25, 0.3) is 0 Å². The van der Waals surface area contributed by atoms with Gasteiger partial charge >= 0.3 is 6.09 Å². The first kappa shape index (κ1) is 19.7. The van der Waals surface area contributed by atoms with Crippen LogP contribution in [0.15, 0.2) is 6.07 Å². The number of carbonyl (C=O) groups excluding carboxylic acids is 2. The first-order valence-corrected chi connectivity index (χ1v) is 8.55. The van der Waals surface area contributed by atoms with Crippen LogP contribution in [0.1, 0.15) is 38.1 Å². The van der Waals surface area contributed by atoms with E-state index < -0.39 is 23.4 Å². The van der Waals surface area contributed by atoms with Crippen molar-refractivity contribution in [3.63, 3.8) is 0 Å². The molecule has 1 aliphatic rings. The van der Waals surface area contributed by atoms with Crippen LogP contribution < -0.4 is 0 Å². The van der Waals surface area contributed by atoms with E-state index in [-0.39, 0.29) is 35.0 Å². The molecule has 1 saturated heterocycles. The molecule has 1 aliphatic heterocycles. The quantitative estimate of drug-likeness (QED) is 0.685. The van der Waals surface area contributed by atoms with Crippen LogP contribution in [0.3, 0.4) is 0 Å². The van der Waals surface area contributed by atoms with Gasteiger partial charge in [-0.25, -0.2) is 14.2 Å². The lowest BCUT2D eigenvalue weighted by atomic mass is 10.1. The Bertz CT molecular complexity index is 694. The number of aromatic nitrogens is 1. The monoisotopic (exact) mass is 391 g/mol. The van der Waals surface area contributed by atoms with E-state index in [1.165, 1.54) is 4.90 Å². The van der Waals surface area contributed by atoms with Crippen LogP contribution in [0, 0.1) is 5.82 Å². The molecule has 2 amide bonds. The van der Waals surface area contributed by atoms with Gasteiger partial charge in [0.2, 0.25) is 0 Å². The molecule has 0 radical (unpaired) electrons. The van der Waals surface area contributed by atoms with E-state index in [1.54, 1.807) is 25.7 Å². The Morgan fingerprint density at radius 2 is 1.92 bits per heavy atom. The Balaban J connectivity index is 2.09. The number of pyridine rings is 1. The highest BCUT2D eigenvalue weighted by Crippen LogP contribution is 2.23. The van der Waals surface area contributed by atoms with Crippen LogP contribution in [-0.2, 0) is 4.74 Å². The van der Waals surface area contributed by atoms with Crippen molar-refractivity contribution in [3.8, 4) is 0 Å². The molecular formula is C16H20Cl2FN3O3. The van der Waals surface area contributed by atoms with E-state index >= 15 is 0 Å². The molecule has 1 atom stereocenters. The minimum atomic E-state index is -0.810. The summed E-state index contributed by atoms with van der Waals surface area (Å²) in [5, 5.41) is -0.539. The Morgan fingerprint density at radius 1 is 1.28 bits per heavy atom. The predicted octanol–water partition coefficient (Wildman–Crippen LogP) is 3.61. The van der Waals surface area contributed by atoms with Crippen molar-refractivity contribution in [2.45, 2.75) is 39.3 Å². The molecule has 1 aromatic heterocycles. The summed E-state index contributed by atoms with van der Waals surface area (Å²) in [5.74, 6) is -1.27. The number of hydrogen-bond acceptors (Lipinski definition) is 4. The normalized spacial score (nSPS) is 18.3. The van der Waals surface area contributed by atoms with Crippen LogP contribution in [0.4, 0.5) is 9.18 Å². The zero-order valence-electron chi connectivity index (χ0n) is 14.5. The maximum Gasteiger partial charge on any atom is 0.410 e. The van der Waals surface area contributed by atoms with Crippen molar-refractivity contribution >= 4 is 35.2 Å². The molecule has 0 bridgehead atoms. The number of amides is 2. The highest BCUT2D eigenvalue weighted by Gasteiger charge is 2.33. The standard InChI is InChI=1S/C16H20Cl2FN3O3/c1-9-8-21(5-6-22(9)15(24)25-16(2,3)4)14(23)10-7-11(19)13(18)20-12(10)17/h7,9H,5-6,8H2,1-4H3/t9-/m1/s1. The Kier molecular flexibility index (Phi) is 5.79. The molecular weight excluding hydrogens is 372 g/mol. The van der Waals surface area contributed by atoms with Gasteiger partial charge in [0, 0.05) is 25.7 Å². The third kappa shape index (κ3) is 4.73. The van der Waals surface area contributed by atoms with Crippen molar-refractivity contribution < 1.29 is 18.7 Å². The highest BCUT2D eigenvalue weighted by molar-refractivity contribution is 6.34. The number of piperazine rings is 1. The van der Waals surface area contributed by atoms with Crippen LogP contribution in [-0.4, -0.2) is 58.1 Å². The van der Waals surface area contributed by atoms with Gasteiger partial charge in [-0.05, 0) is 33.8 Å². The van der Waals surface area contributed by atoms with Crippen molar-refractivity contribution in [1.29, 1.82) is 0 Å². The van der Waals surface area contributed by atoms with Crippen molar-refractivity contribution in [2.75, 3.05) is 19.6 Å². The number of hydrogen-bond donors (Lipinski definition) is 0. The number of rotatable bonds is 1. The maximum absolute atomic E-state index is 13.6. The van der Waals surface area contributed by atoms with Gasteiger partial charge in [0.1, 0.15) is 10.8 Å². The molecule has 0 aromatic carbocycles.